The summed E-state index contributed by atoms with van der Waals surface area (Å²) in [7, 11) is 0. The topological polar surface area (TPSA) is 47.3 Å². The lowest BCUT2D eigenvalue weighted by Crippen LogP contribution is -2.17. The Morgan fingerprint density at radius 3 is 2.75 bits per heavy atom. The Hall–Kier alpha value is -1.35. The molecule has 0 radical (unpaired) electrons. The number of nitrogens with one attached hydrogen (secondary N) is 1. The third-order valence-electron chi connectivity index (χ3n) is 2.55. The third kappa shape index (κ3) is 3.07. The molecule has 2 rings (SSSR count). The molecule has 1 aromatic carbocycles. The Morgan fingerprint density at radius 2 is 2.12 bits per heavy atom. The van der Waals surface area contributed by atoms with Crippen molar-refractivity contribution in [3.05, 3.63) is 41.2 Å². The molecule has 0 fully saturated rings. The molecular weight excluding hydrogens is 224 g/mol. The summed E-state index contributed by atoms with van der Waals surface area (Å²) in [6.45, 7) is 1.60. The molecule has 0 amide bonds. The van der Waals surface area contributed by atoms with E-state index in [1.54, 1.807) is 0 Å². The van der Waals surface area contributed by atoms with E-state index in [9.17, 15) is 0 Å². The van der Waals surface area contributed by atoms with Crippen LogP contribution in [0.5, 0.6) is 5.75 Å². The summed E-state index contributed by atoms with van der Waals surface area (Å²) in [5.41, 5.74) is 5.62. The number of nitrogens with two attached hydrogens (primary N) is 1. The van der Waals surface area contributed by atoms with Gasteiger partial charge in [0.05, 0.1) is 12.4 Å². The average Bonchev–Trinajstić information content (AvgIpc) is 2.67. The van der Waals surface area contributed by atoms with Crippen LogP contribution in [0.4, 0.5) is 0 Å². The van der Waals surface area contributed by atoms with Crippen molar-refractivity contribution in [2.24, 2.45) is 11.7 Å². The summed E-state index contributed by atoms with van der Waals surface area (Å²) >= 11 is 5.78. The van der Waals surface area contributed by atoms with Gasteiger partial charge in [-0.2, -0.15) is 0 Å². The molecule has 86 valence electrons. The molecule has 0 unspecified atom stereocenters. The number of rotatable bonds is 4. The molecule has 1 heterocycles. The van der Waals surface area contributed by atoms with Crippen LogP contribution in [-0.4, -0.2) is 13.2 Å². The second-order valence-corrected chi connectivity index (χ2v) is 4.29. The molecule has 3 N–H and O–H groups in total. The normalized spacial score (nSPS) is 19.1. The number of hydrogen-bond donors (Lipinski definition) is 2. The van der Waals surface area contributed by atoms with E-state index in [0.29, 0.717) is 12.5 Å². The molecule has 16 heavy (non-hydrogen) atoms. The average molecular weight is 239 g/mol. The van der Waals surface area contributed by atoms with Crippen molar-refractivity contribution in [1.29, 1.82) is 0 Å². The SMILES string of the molecule is NC1=C[C@H](CCOc2ccc(Cl)cc2)CN1. The number of hydrogen-bond acceptors (Lipinski definition) is 3. The van der Waals surface area contributed by atoms with Gasteiger partial charge >= 0.3 is 0 Å². The summed E-state index contributed by atoms with van der Waals surface area (Å²) in [5.74, 6) is 2.11. The fourth-order valence-corrected chi connectivity index (χ4v) is 1.79. The lowest BCUT2D eigenvalue weighted by Gasteiger charge is -2.09. The standard InChI is InChI=1S/C12H15ClN2O/c13-10-1-3-11(4-2-10)16-6-5-9-7-12(14)15-8-9/h1-4,7,9,15H,5-6,8,14H2/t9-/m0/s1. The number of benzene rings is 1. The second kappa shape index (κ2) is 5.12. The maximum atomic E-state index is 5.78. The maximum Gasteiger partial charge on any atom is 0.119 e. The molecule has 0 bridgehead atoms. The minimum Gasteiger partial charge on any atom is -0.494 e. The highest BCUT2D eigenvalue weighted by molar-refractivity contribution is 6.30. The minimum absolute atomic E-state index is 0.479. The summed E-state index contributed by atoms with van der Waals surface area (Å²) in [5, 5.41) is 3.82. The molecule has 4 heteroatoms. The van der Waals surface area contributed by atoms with Gasteiger partial charge in [-0.3, -0.25) is 0 Å². The van der Waals surface area contributed by atoms with Gasteiger partial charge in [-0.25, -0.2) is 0 Å². The molecule has 3 nitrogen and oxygen atoms in total. The molecule has 1 aliphatic rings. The summed E-state index contributed by atoms with van der Waals surface area (Å²) in [6.07, 6.45) is 3.02. The van der Waals surface area contributed by atoms with Crippen LogP contribution in [0.1, 0.15) is 6.42 Å². The highest BCUT2D eigenvalue weighted by Crippen LogP contribution is 2.17. The van der Waals surface area contributed by atoms with E-state index < -0.39 is 0 Å². The lowest BCUT2D eigenvalue weighted by atomic mass is 10.1. The van der Waals surface area contributed by atoms with E-state index in [0.717, 1.165) is 29.6 Å². The molecule has 0 aliphatic carbocycles. The molecule has 1 aliphatic heterocycles. The highest BCUT2D eigenvalue weighted by atomic mass is 35.5. The van der Waals surface area contributed by atoms with Gasteiger partial charge in [0.25, 0.3) is 0 Å². The van der Waals surface area contributed by atoms with Crippen molar-refractivity contribution in [3.8, 4) is 5.75 Å². The van der Waals surface area contributed by atoms with Crippen LogP contribution in [0.15, 0.2) is 36.2 Å². The van der Waals surface area contributed by atoms with Crippen LogP contribution >= 0.6 is 11.6 Å². The first-order chi connectivity index (χ1) is 7.74. The van der Waals surface area contributed by atoms with Crippen molar-refractivity contribution < 1.29 is 4.74 Å². The Bertz CT molecular complexity index is 375. The second-order valence-electron chi connectivity index (χ2n) is 3.85. The van der Waals surface area contributed by atoms with Gasteiger partial charge in [-0.15, -0.1) is 0 Å². The molecule has 0 saturated carbocycles. The van der Waals surface area contributed by atoms with Gasteiger partial charge < -0.3 is 15.8 Å². The van der Waals surface area contributed by atoms with E-state index in [1.165, 1.54) is 0 Å². The Morgan fingerprint density at radius 1 is 1.38 bits per heavy atom. The number of ether oxygens (including phenoxy) is 1. The van der Waals surface area contributed by atoms with Gasteiger partial charge in [-0.1, -0.05) is 11.6 Å². The molecular formula is C12H15ClN2O. The molecule has 1 atom stereocenters. The van der Waals surface area contributed by atoms with E-state index in [2.05, 4.69) is 5.32 Å². The predicted octanol–water partition coefficient (Wildman–Crippen LogP) is 2.13. The van der Waals surface area contributed by atoms with Crippen LogP contribution in [0.2, 0.25) is 5.02 Å². The number of halogens is 1. The Labute approximate surface area is 100 Å². The van der Waals surface area contributed by atoms with Crippen molar-refractivity contribution in [2.45, 2.75) is 6.42 Å². The fourth-order valence-electron chi connectivity index (χ4n) is 1.67. The quantitative estimate of drug-likeness (QED) is 0.845. The Kier molecular flexibility index (Phi) is 3.57. The zero-order chi connectivity index (χ0) is 11.4. The largest absolute Gasteiger partial charge is 0.494 e. The first kappa shape index (κ1) is 11.1. The van der Waals surface area contributed by atoms with Crippen molar-refractivity contribution in [1.82, 2.24) is 5.32 Å². The monoisotopic (exact) mass is 238 g/mol. The zero-order valence-electron chi connectivity index (χ0n) is 8.95. The van der Waals surface area contributed by atoms with Gasteiger partial charge in [0.2, 0.25) is 0 Å². The van der Waals surface area contributed by atoms with Crippen molar-refractivity contribution >= 4 is 11.6 Å². The predicted molar refractivity (Wildman–Crippen MR) is 65.3 cm³/mol. The Balaban J connectivity index is 1.74. The summed E-state index contributed by atoms with van der Waals surface area (Å²) in [6, 6.07) is 7.40. The molecule has 0 spiro atoms. The van der Waals surface area contributed by atoms with Crippen LogP contribution in [-0.2, 0) is 0 Å². The van der Waals surface area contributed by atoms with Crippen molar-refractivity contribution in [3.63, 3.8) is 0 Å². The highest BCUT2D eigenvalue weighted by Gasteiger charge is 2.12. The van der Waals surface area contributed by atoms with Gasteiger partial charge in [0.15, 0.2) is 0 Å². The van der Waals surface area contributed by atoms with Crippen LogP contribution in [0.3, 0.4) is 0 Å². The van der Waals surface area contributed by atoms with Gasteiger partial charge in [0, 0.05) is 17.5 Å². The smallest absolute Gasteiger partial charge is 0.119 e. The van der Waals surface area contributed by atoms with Crippen LogP contribution in [0, 0.1) is 5.92 Å². The summed E-state index contributed by atoms with van der Waals surface area (Å²) in [4.78, 5) is 0. The zero-order valence-corrected chi connectivity index (χ0v) is 9.70. The molecule has 1 aromatic rings. The van der Waals surface area contributed by atoms with E-state index in [1.807, 2.05) is 30.3 Å². The third-order valence-corrected chi connectivity index (χ3v) is 2.81. The van der Waals surface area contributed by atoms with Gasteiger partial charge in [0.1, 0.15) is 5.75 Å². The lowest BCUT2D eigenvalue weighted by molar-refractivity contribution is 0.293. The summed E-state index contributed by atoms with van der Waals surface area (Å²) < 4.78 is 5.60. The van der Waals surface area contributed by atoms with Gasteiger partial charge in [-0.05, 0) is 36.8 Å². The molecule has 0 saturated heterocycles. The fraction of sp³-hybridized carbons (Fsp3) is 0.333. The molecule has 0 aromatic heterocycles. The van der Waals surface area contributed by atoms with Crippen molar-refractivity contribution in [2.75, 3.05) is 13.2 Å². The van der Waals surface area contributed by atoms with E-state index in [-0.39, 0.29) is 0 Å². The maximum absolute atomic E-state index is 5.78. The first-order valence-corrected chi connectivity index (χ1v) is 5.71. The van der Waals surface area contributed by atoms with E-state index in [4.69, 9.17) is 22.1 Å². The van der Waals surface area contributed by atoms with E-state index >= 15 is 0 Å². The van der Waals surface area contributed by atoms with Crippen LogP contribution < -0.4 is 15.8 Å². The first-order valence-electron chi connectivity index (χ1n) is 5.33. The van der Waals surface area contributed by atoms with Crippen LogP contribution in [0.25, 0.3) is 0 Å². The minimum atomic E-state index is 0.479.